The molecule has 3 aromatic rings. The largest absolute Gasteiger partial charge is 0.497 e. The number of benzene rings is 2. The molecule has 0 bridgehead atoms. The highest BCUT2D eigenvalue weighted by molar-refractivity contribution is 7.14. The zero-order valence-electron chi connectivity index (χ0n) is 16.4. The van der Waals surface area contributed by atoms with Crippen molar-refractivity contribution < 1.29 is 18.7 Å². The molecular weight excluding hydrogens is 393 g/mol. The van der Waals surface area contributed by atoms with Gasteiger partial charge in [0, 0.05) is 29.1 Å². The molecule has 0 aliphatic heterocycles. The predicted molar refractivity (Wildman–Crippen MR) is 112 cm³/mol. The Morgan fingerprint density at radius 2 is 1.93 bits per heavy atom. The third-order valence-corrected chi connectivity index (χ3v) is 5.00. The molecular formula is C21H22FN3O3S. The molecule has 1 amide bonds. The highest BCUT2D eigenvalue weighted by Gasteiger charge is 2.13. The molecule has 0 aliphatic rings. The summed E-state index contributed by atoms with van der Waals surface area (Å²) in [6.45, 7) is 0.736. The fourth-order valence-electron chi connectivity index (χ4n) is 2.82. The molecule has 0 saturated heterocycles. The molecule has 0 spiro atoms. The predicted octanol–water partition coefficient (Wildman–Crippen LogP) is 4.04. The van der Waals surface area contributed by atoms with Gasteiger partial charge in [-0.05, 0) is 37.4 Å². The molecule has 0 unspecified atom stereocenters. The average Bonchev–Trinajstić information content (AvgIpc) is 3.16. The summed E-state index contributed by atoms with van der Waals surface area (Å²) in [7, 11) is 5.06. The Balaban J connectivity index is 1.57. The number of thiazole rings is 1. The van der Waals surface area contributed by atoms with Crippen molar-refractivity contribution in [3.05, 3.63) is 59.2 Å². The molecule has 1 aromatic heterocycles. The standard InChI is InChI=1S/C21H22FN3O3S/c1-25(11-15-6-9-17(27-2)10-19(15)28-3)12-20(26)24-21-23-18(13-29-21)14-4-7-16(22)8-5-14/h4-10,13H,11-12H2,1-3H3,(H,23,24,26). The van der Waals surface area contributed by atoms with Gasteiger partial charge < -0.3 is 14.8 Å². The maximum Gasteiger partial charge on any atom is 0.240 e. The van der Waals surface area contributed by atoms with E-state index in [0.29, 0.717) is 28.9 Å². The minimum absolute atomic E-state index is 0.167. The number of nitrogens with one attached hydrogen (secondary N) is 1. The Morgan fingerprint density at radius 3 is 2.62 bits per heavy atom. The van der Waals surface area contributed by atoms with Gasteiger partial charge in [0.25, 0.3) is 0 Å². The molecule has 1 heterocycles. The number of hydrogen-bond acceptors (Lipinski definition) is 6. The molecule has 0 aliphatic carbocycles. The molecule has 0 atom stereocenters. The van der Waals surface area contributed by atoms with Crippen molar-refractivity contribution in [1.82, 2.24) is 9.88 Å². The van der Waals surface area contributed by atoms with Crippen molar-refractivity contribution >= 4 is 22.4 Å². The van der Waals surface area contributed by atoms with E-state index in [0.717, 1.165) is 11.1 Å². The van der Waals surface area contributed by atoms with Crippen molar-refractivity contribution in [3.63, 3.8) is 0 Å². The fourth-order valence-corrected chi connectivity index (χ4v) is 3.55. The average molecular weight is 415 g/mol. The van der Waals surface area contributed by atoms with E-state index in [-0.39, 0.29) is 18.3 Å². The van der Waals surface area contributed by atoms with Crippen LogP contribution in [0.15, 0.2) is 47.8 Å². The number of halogens is 1. The van der Waals surface area contributed by atoms with Crippen LogP contribution in [0, 0.1) is 5.82 Å². The van der Waals surface area contributed by atoms with E-state index in [1.165, 1.54) is 23.5 Å². The zero-order valence-corrected chi connectivity index (χ0v) is 17.3. The molecule has 0 saturated carbocycles. The Bertz CT molecular complexity index is 976. The topological polar surface area (TPSA) is 63.7 Å². The minimum Gasteiger partial charge on any atom is -0.497 e. The van der Waals surface area contributed by atoms with Crippen LogP contribution in [0.5, 0.6) is 11.5 Å². The van der Waals surface area contributed by atoms with Gasteiger partial charge in [-0.2, -0.15) is 0 Å². The Labute approximate surface area is 172 Å². The Morgan fingerprint density at radius 1 is 1.17 bits per heavy atom. The number of likely N-dealkylation sites (N-methyl/N-ethyl adjacent to an activating group) is 1. The number of ether oxygens (including phenoxy) is 2. The van der Waals surface area contributed by atoms with Crippen molar-refractivity contribution in [1.29, 1.82) is 0 Å². The van der Waals surface area contributed by atoms with Gasteiger partial charge in [-0.25, -0.2) is 9.37 Å². The SMILES string of the molecule is COc1ccc(CN(C)CC(=O)Nc2nc(-c3ccc(F)cc3)cs2)c(OC)c1. The number of hydrogen-bond donors (Lipinski definition) is 1. The second-order valence-electron chi connectivity index (χ2n) is 6.44. The Kier molecular flexibility index (Phi) is 6.79. The van der Waals surface area contributed by atoms with E-state index in [9.17, 15) is 9.18 Å². The highest BCUT2D eigenvalue weighted by atomic mass is 32.1. The lowest BCUT2D eigenvalue weighted by atomic mass is 10.2. The molecule has 2 aromatic carbocycles. The monoisotopic (exact) mass is 415 g/mol. The van der Waals surface area contributed by atoms with E-state index < -0.39 is 0 Å². The van der Waals surface area contributed by atoms with Crippen LogP contribution in [0.3, 0.4) is 0 Å². The first kappa shape index (κ1) is 20.8. The van der Waals surface area contributed by atoms with Gasteiger partial charge >= 0.3 is 0 Å². The lowest BCUT2D eigenvalue weighted by Crippen LogP contribution is -2.29. The molecule has 152 valence electrons. The quantitative estimate of drug-likeness (QED) is 0.602. The van der Waals surface area contributed by atoms with E-state index in [2.05, 4.69) is 10.3 Å². The number of amides is 1. The number of anilines is 1. The van der Waals surface area contributed by atoms with Crippen molar-refractivity contribution in [3.8, 4) is 22.8 Å². The van der Waals surface area contributed by atoms with Gasteiger partial charge in [0.05, 0.1) is 26.5 Å². The summed E-state index contributed by atoms with van der Waals surface area (Å²) in [6, 6.07) is 11.7. The second-order valence-corrected chi connectivity index (χ2v) is 7.30. The smallest absolute Gasteiger partial charge is 0.240 e. The number of methoxy groups -OCH3 is 2. The van der Waals surface area contributed by atoms with Crippen LogP contribution in [0.1, 0.15) is 5.56 Å². The van der Waals surface area contributed by atoms with Crippen molar-refractivity contribution in [2.45, 2.75) is 6.54 Å². The number of nitrogens with zero attached hydrogens (tertiary/aromatic N) is 2. The molecule has 8 heteroatoms. The van der Waals surface area contributed by atoms with Gasteiger partial charge in [-0.15, -0.1) is 11.3 Å². The van der Waals surface area contributed by atoms with Crippen LogP contribution in [0.25, 0.3) is 11.3 Å². The number of rotatable bonds is 8. The summed E-state index contributed by atoms with van der Waals surface area (Å²) in [6.07, 6.45) is 0. The van der Waals surface area contributed by atoms with Crippen LogP contribution < -0.4 is 14.8 Å². The number of aromatic nitrogens is 1. The van der Waals surface area contributed by atoms with Gasteiger partial charge in [-0.3, -0.25) is 9.69 Å². The molecule has 1 N–H and O–H groups in total. The van der Waals surface area contributed by atoms with E-state index in [1.54, 1.807) is 26.4 Å². The summed E-state index contributed by atoms with van der Waals surface area (Å²) >= 11 is 1.33. The summed E-state index contributed by atoms with van der Waals surface area (Å²) in [4.78, 5) is 18.7. The molecule has 6 nitrogen and oxygen atoms in total. The number of carbonyl (C=O) groups is 1. The van der Waals surface area contributed by atoms with Crippen LogP contribution >= 0.6 is 11.3 Å². The van der Waals surface area contributed by atoms with Gasteiger partial charge in [-0.1, -0.05) is 6.07 Å². The van der Waals surface area contributed by atoms with Crippen molar-refractivity contribution in [2.24, 2.45) is 0 Å². The maximum atomic E-state index is 13.0. The summed E-state index contributed by atoms with van der Waals surface area (Å²) < 4.78 is 23.7. The van der Waals surface area contributed by atoms with Gasteiger partial charge in [0.1, 0.15) is 17.3 Å². The summed E-state index contributed by atoms with van der Waals surface area (Å²) in [5, 5.41) is 5.14. The van der Waals surface area contributed by atoms with Gasteiger partial charge in [0.15, 0.2) is 5.13 Å². The van der Waals surface area contributed by atoms with E-state index >= 15 is 0 Å². The minimum atomic E-state index is -0.297. The van der Waals surface area contributed by atoms with Gasteiger partial charge in [0.2, 0.25) is 5.91 Å². The molecule has 0 fully saturated rings. The lowest BCUT2D eigenvalue weighted by Gasteiger charge is -2.18. The summed E-state index contributed by atoms with van der Waals surface area (Å²) in [5.74, 6) is 0.959. The van der Waals surface area contributed by atoms with Crippen molar-refractivity contribution in [2.75, 3.05) is 33.1 Å². The second kappa shape index (κ2) is 9.49. The Hall–Kier alpha value is -2.97. The first-order chi connectivity index (χ1) is 14.0. The van der Waals surface area contributed by atoms with E-state index in [1.807, 2.05) is 35.5 Å². The zero-order chi connectivity index (χ0) is 20.8. The maximum absolute atomic E-state index is 13.0. The van der Waals surface area contributed by atoms with E-state index in [4.69, 9.17) is 9.47 Å². The summed E-state index contributed by atoms with van der Waals surface area (Å²) in [5.41, 5.74) is 2.45. The highest BCUT2D eigenvalue weighted by Crippen LogP contribution is 2.26. The fraction of sp³-hybridized carbons (Fsp3) is 0.238. The molecule has 0 radical (unpaired) electrons. The first-order valence-electron chi connectivity index (χ1n) is 8.89. The van der Waals surface area contributed by atoms with Crippen LogP contribution in [0.2, 0.25) is 0 Å². The van der Waals surface area contributed by atoms with Crippen LogP contribution in [-0.4, -0.2) is 43.6 Å². The third kappa shape index (κ3) is 5.52. The normalized spacial score (nSPS) is 10.8. The molecule has 3 rings (SSSR count). The van der Waals surface area contributed by atoms with Crippen LogP contribution in [-0.2, 0) is 11.3 Å². The third-order valence-electron chi connectivity index (χ3n) is 4.24. The molecule has 29 heavy (non-hydrogen) atoms. The van der Waals surface area contributed by atoms with Crippen LogP contribution in [0.4, 0.5) is 9.52 Å². The lowest BCUT2D eigenvalue weighted by molar-refractivity contribution is -0.117. The first-order valence-corrected chi connectivity index (χ1v) is 9.77. The number of carbonyl (C=O) groups excluding carboxylic acids is 1.